The van der Waals surface area contributed by atoms with Crippen LogP contribution < -0.4 is 25.0 Å². The van der Waals surface area contributed by atoms with E-state index in [-0.39, 0.29) is 29.5 Å². The number of carbonyl (C=O) groups is 4. The van der Waals surface area contributed by atoms with Crippen molar-refractivity contribution in [2.75, 3.05) is 48.9 Å². The summed E-state index contributed by atoms with van der Waals surface area (Å²) in [7, 11) is 1.61. The number of amides is 2. The van der Waals surface area contributed by atoms with Crippen LogP contribution in [0.25, 0.3) is 0 Å². The van der Waals surface area contributed by atoms with E-state index in [1.807, 2.05) is 30.0 Å². The maximum Gasteiger partial charge on any atom is 0.338 e. The first-order valence-corrected chi connectivity index (χ1v) is 22.0. The van der Waals surface area contributed by atoms with Crippen LogP contribution in [-0.2, 0) is 9.47 Å². The maximum absolute atomic E-state index is 13.3. The fourth-order valence-corrected chi connectivity index (χ4v) is 6.99. The minimum absolute atomic E-state index is 0.0124. The van der Waals surface area contributed by atoms with Gasteiger partial charge in [0.15, 0.2) is 5.78 Å². The minimum Gasteiger partial charge on any atom is -0.460 e. The molecule has 0 aliphatic carbocycles. The molecule has 0 spiro atoms. The highest BCUT2D eigenvalue weighted by atomic mass is 16.6. The van der Waals surface area contributed by atoms with Crippen molar-refractivity contribution < 1.29 is 43.0 Å². The Morgan fingerprint density at radius 2 is 1.04 bits per heavy atom. The molecule has 0 saturated carbocycles. The summed E-state index contributed by atoms with van der Waals surface area (Å²) >= 11 is 0. The number of ether oxygens (including phenoxy) is 4. The number of nitro groups is 1. The molecular weight excluding hydrogens is 893 g/mol. The molecule has 0 bridgehead atoms. The summed E-state index contributed by atoms with van der Waals surface area (Å²) in [5.74, 6) is 0.556. The lowest BCUT2D eigenvalue weighted by Gasteiger charge is -2.25. The van der Waals surface area contributed by atoms with Gasteiger partial charge in [0.25, 0.3) is 17.5 Å². The normalized spacial score (nSPS) is 10.9. The SMILES string of the molecule is COCCN(CCOC(=O)c1ccc(C(=O)Nc2cccc(Oc3cccc(Oc4cccc(NC(=O)c5ccc(C(C)=O)cc5)c4)c3)c2)cc1)c1ccc(N=Nc2ccc([N+](=O)[O-])cc2C)c(C)c1. The molecule has 354 valence electrons. The first-order chi connectivity index (χ1) is 33.8. The van der Waals surface area contributed by atoms with Gasteiger partial charge in [-0.1, -0.05) is 30.3 Å². The second-order valence-electron chi connectivity index (χ2n) is 15.9. The topological polar surface area (TPSA) is 200 Å². The van der Waals surface area contributed by atoms with E-state index in [0.717, 1.165) is 11.3 Å². The largest absolute Gasteiger partial charge is 0.460 e. The van der Waals surface area contributed by atoms with E-state index < -0.39 is 16.8 Å². The monoisotopic (exact) mass is 940 g/mol. The Bertz CT molecular complexity index is 3070. The van der Waals surface area contributed by atoms with Gasteiger partial charge in [0.2, 0.25) is 0 Å². The van der Waals surface area contributed by atoms with Crippen LogP contribution in [0.3, 0.4) is 0 Å². The molecule has 0 heterocycles. The average molecular weight is 941 g/mol. The van der Waals surface area contributed by atoms with Crippen LogP contribution in [0, 0.1) is 24.0 Å². The van der Waals surface area contributed by atoms with Crippen LogP contribution in [0.5, 0.6) is 23.0 Å². The van der Waals surface area contributed by atoms with Crippen LogP contribution in [-0.4, -0.2) is 61.9 Å². The van der Waals surface area contributed by atoms with Gasteiger partial charge in [-0.3, -0.25) is 24.5 Å². The molecular formula is C54H48N6O10. The predicted molar refractivity (Wildman–Crippen MR) is 266 cm³/mol. The Labute approximate surface area is 403 Å². The fraction of sp³-hybridized carbons (Fsp3) is 0.148. The van der Waals surface area contributed by atoms with Gasteiger partial charge >= 0.3 is 5.97 Å². The number of rotatable bonds is 20. The molecule has 7 aromatic rings. The molecule has 70 heavy (non-hydrogen) atoms. The van der Waals surface area contributed by atoms with Crippen LogP contribution in [0.2, 0.25) is 0 Å². The highest BCUT2D eigenvalue weighted by Gasteiger charge is 2.15. The van der Waals surface area contributed by atoms with Crippen molar-refractivity contribution in [3.05, 3.63) is 201 Å². The van der Waals surface area contributed by atoms with Crippen LogP contribution in [0.15, 0.2) is 168 Å². The number of ketones is 1. The third kappa shape index (κ3) is 13.3. The van der Waals surface area contributed by atoms with E-state index in [1.54, 1.807) is 129 Å². The number of benzene rings is 7. The Kier molecular flexibility index (Phi) is 16.2. The van der Waals surface area contributed by atoms with Gasteiger partial charge in [-0.2, -0.15) is 10.2 Å². The van der Waals surface area contributed by atoms with Crippen molar-refractivity contribution >= 4 is 57.7 Å². The van der Waals surface area contributed by atoms with Gasteiger partial charge in [-0.15, -0.1) is 0 Å². The Morgan fingerprint density at radius 1 is 0.571 bits per heavy atom. The zero-order valence-electron chi connectivity index (χ0n) is 38.7. The predicted octanol–water partition coefficient (Wildman–Crippen LogP) is 12.2. The lowest BCUT2D eigenvalue weighted by Crippen LogP contribution is -2.31. The van der Waals surface area contributed by atoms with Gasteiger partial charge in [-0.05, 0) is 129 Å². The number of aryl methyl sites for hydroxylation is 2. The van der Waals surface area contributed by atoms with Crippen molar-refractivity contribution in [1.82, 2.24) is 0 Å². The molecule has 16 nitrogen and oxygen atoms in total. The fourth-order valence-electron chi connectivity index (χ4n) is 6.99. The Morgan fingerprint density at radius 3 is 1.54 bits per heavy atom. The molecule has 0 unspecified atom stereocenters. The van der Waals surface area contributed by atoms with Gasteiger partial charge in [0, 0.05) is 77.7 Å². The highest BCUT2D eigenvalue weighted by molar-refractivity contribution is 6.06. The van der Waals surface area contributed by atoms with E-state index in [9.17, 15) is 29.3 Å². The molecule has 0 atom stereocenters. The highest BCUT2D eigenvalue weighted by Crippen LogP contribution is 2.32. The van der Waals surface area contributed by atoms with Crippen molar-refractivity contribution in [1.29, 1.82) is 0 Å². The molecule has 0 saturated heterocycles. The average Bonchev–Trinajstić information content (AvgIpc) is 3.35. The van der Waals surface area contributed by atoms with Crippen LogP contribution in [0.4, 0.5) is 34.1 Å². The number of non-ortho nitro benzene ring substituents is 1. The standard InChI is InChI=1S/C54H48N6O10/c1-35-30-44(22-24-50(35)57-58-51-25-23-45(60(65)66)31-36(51)2)59(26-28-67-4)27-29-68-54(64)41-20-18-40(19-21-41)53(63)56-43-9-6-11-47(33-43)70-49-13-7-12-48(34-49)69-46-10-5-8-42(32-46)55-52(62)39-16-14-38(15-17-39)37(3)61/h5-25,30-34H,26-29H2,1-4H3,(H,55,62)(H,56,63). The molecule has 7 aromatic carbocycles. The third-order valence-electron chi connectivity index (χ3n) is 10.8. The lowest BCUT2D eigenvalue weighted by molar-refractivity contribution is -0.384. The summed E-state index contributed by atoms with van der Waals surface area (Å²) in [6.07, 6.45) is 0. The number of nitro benzene ring substituents is 1. The molecule has 2 N–H and O–H groups in total. The molecule has 7 rings (SSSR count). The first kappa shape index (κ1) is 48.9. The molecule has 0 radical (unpaired) electrons. The van der Waals surface area contributed by atoms with Crippen molar-refractivity contribution in [2.45, 2.75) is 20.8 Å². The third-order valence-corrected chi connectivity index (χ3v) is 10.8. The quantitative estimate of drug-likeness (QED) is 0.0242. The number of methoxy groups -OCH3 is 1. The summed E-state index contributed by atoms with van der Waals surface area (Å²) in [6, 6.07) is 43.5. The van der Waals surface area contributed by atoms with Gasteiger partial charge in [0.05, 0.1) is 35.0 Å². The number of Topliss-reactive ketones (excluding diaryl/α,β-unsaturated/α-hetero) is 1. The van der Waals surface area contributed by atoms with Crippen molar-refractivity contribution in [2.24, 2.45) is 10.2 Å². The molecule has 0 aliphatic heterocycles. The Hall–Kier alpha value is -9.02. The number of azo groups is 1. The van der Waals surface area contributed by atoms with Gasteiger partial charge < -0.3 is 34.5 Å². The molecule has 0 fully saturated rings. The number of nitrogens with one attached hydrogen (secondary N) is 2. The van der Waals surface area contributed by atoms with Gasteiger partial charge in [0.1, 0.15) is 29.6 Å². The zero-order valence-corrected chi connectivity index (χ0v) is 38.7. The van der Waals surface area contributed by atoms with Crippen molar-refractivity contribution in [3.63, 3.8) is 0 Å². The summed E-state index contributed by atoms with van der Waals surface area (Å²) in [5.41, 5.74) is 6.04. The van der Waals surface area contributed by atoms with Gasteiger partial charge in [-0.25, -0.2) is 4.79 Å². The maximum atomic E-state index is 13.3. The molecule has 2 amide bonds. The Balaban J connectivity index is 0.894. The lowest BCUT2D eigenvalue weighted by atomic mass is 10.1. The minimum atomic E-state index is -0.543. The number of esters is 1. The number of carbonyl (C=O) groups excluding carboxylic acids is 4. The summed E-state index contributed by atoms with van der Waals surface area (Å²) < 4.78 is 23.2. The van der Waals surface area contributed by atoms with E-state index in [1.165, 1.54) is 31.2 Å². The number of hydrogen-bond donors (Lipinski definition) is 2. The molecule has 0 aliphatic rings. The van der Waals surface area contributed by atoms with E-state index >= 15 is 0 Å². The summed E-state index contributed by atoms with van der Waals surface area (Å²) in [5, 5.41) is 25.5. The molecule has 16 heteroatoms. The number of nitrogens with zero attached hydrogens (tertiary/aromatic N) is 4. The van der Waals surface area contributed by atoms with Crippen molar-refractivity contribution in [3.8, 4) is 23.0 Å². The summed E-state index contributed by atoms with van der Waals surface area (Å²) in [4.78, 5) is 63.4. The zero-order chi connectivity index (χ0) is 49.6. The smallest absolute Gasteiger partial charge is 0.338 e. The number of anilines is 3. The second kappa shape index (κ2) is 23.1. The van der Waals surface area contributed by atoms with Crippen LogP contribution in [0.1, 0.15) is 59.5 Å². The van der Waals surface area contributed by atoms with Crippen LogP contribution >= 0.6 is 0 Å². The van der Waals surface area contributed by atoms with E-state index in [0.29, 0.717) is 87.7 Å². The molecule has 0 aromatic heterocycles. The van der Waals surface area contributed by atoms with E-state index in [4.69, 9.17) is 18.9 Å². The second-order valence-corrected chi connectivity index (χ2v) is 15.9. The summed E-state index contributed by atoms with van der Waals surface area (Å²) in [6.45, 7) is 6.53. The number of hydrogen-bond acceptors (Lipinski definition) is 13. The van der Waals surface area contributed by atoms with E-state index in [2.05, 4.69) is 20.9 Å². The first-order valence-electron chi connectivity index (χ1n) is 22.0.